The fraction of sp³-hybridized carbons (Fsp3) is 0.533. The summed E-state index contributed by atoms with van der Waals surface area (Å²) in [6.45, 7) is 11.2. The van der Waals surface area contributed by atoms with Gasteiger partial charge in [0, 0.05) is 88.9 Å². The number of carbonyl (C=O) groups excluding carboxylic acids is 1. The molecule has 0 radical (unpaired) electrons. The molecule has 4 heterocycles. The van der Waals surface area contributed by atoms with Gasteiger partial charge >= 0.3 is 0 Å². The fourth-order valence-electron chi connectivity index (χ4n) is 6.57. The Labute approximate surface area is 230 Å². The Morgan fingerprint density at radius 3 is 2.18 bits per heavy atom. The first kappa shape index (κ1) is 25.5. The molecule has 38 heavy (non-hydrogen) atoms. The summed E-state index contributed by atoms with van der Waals surface area (Å²) >= 11 is 6.29. The van der Waals surface area contributed by atoms with Crippen molar-refractivity contribution in [3.8, 4) is 6.07 Å². The van der Waals surface area contributed by atoms with Crippen LogP contribution in [-0.2, 0) is 0 Å². The molecular formula is C30H37ClN6O. The van der Waals surface area contributed by atoms with Crippen LogP contribution in [0.4, 0.5) is 11.4 Å². The van der Waals surface area contributed by atoms with E-state index in [1.165, 1.54) is 12.1 Å². The van der Waals surface area contributed by atoms with Crippen molar-refractivity contribution >= 4 is 28.9 Å². The maximum Gasteiger partial charge on any atom is 0.253 e. The van der Waals surface area contributed by atoms with E-state index in [0.29, 0.717) is 16.0 Å². The quantitative estimate of drug-likeness (QED) is 0.633. The minimum atomic E-state index is 0.160. The lowest BCUT2D eigenvalue weighted by Gasteiger charge is -2.40. The summed E-state index contributed by atoms with van der Waals surface area (Å²) in [4.78, 5) is 22.5. The summed E-state index contributed by atoms with van der Waals surface area (Å²) in [6.07, 6.45) is 3.52. The number of nitrogens with one attached hydrogen (secondary N) is 1. The maximum absolute atomic E-state index is 13.1. The molecule has 0 aliphatic carbocycles. The van der Waals surface area contributed by atoms with E-state index in [0.717, 1.165) is 102 Å². The summed E-state index contributed by atoms with van der Waals surface area (Å²) < 4.78 is 0. The van der Waals surface area contributed by atoms with Crippen LogP contribution in [0.3, 0.4) is 0 Å². The standard InChI is InChI=1S/C30H37ClN6O/c31-28-17-27(6-3-25(28)18-32)37-12-9-30(22-37)7-10-35(11-8-30)26-4-1-24(2-5-26)29(38)36-15-13-34(14-16-36)21-23-19-33-20-23/h1-6,17,23,33H,7-16,19-22H2. The van der Waals surface area contributed by atoms with Gasteiger partial charge in [0.25, 0.3) is 5.91 Å². The second-order valence-electron chi connectivity index (χ2n) is 11.6. The monoisotopic (exact) mass is 532 g/mol. The zero-order chi connectivity index (χ0) is 26.1. The highest BCUT2D eigenvalue weighted by Gasteiger charge is 2.40. The number of hydrogen-bond acceptors (Lipinski definition) is 6. The van der Waals surface area contributed by atoms with Crippen molar-refractivity contribution in [3.05, 3.63) is 58.6 Å². The lowest BCUT2D eigenvalue weighted by atomic mass is 9.77. The topological polar surface area (TPSA) is 65.9 Å². The van der Waals surface area contributed by atoms with Gasteiger partial charge in [0.1, 0.15) is 6.07 Å². The number of hydrogen-bond donors (Lipinski definition) is 1. The zero-order valence-corrected chi connectivity index (χ0v) is 22.8. The van der Waals surface area contributed by atoms with Crippen LogP contribution in [-0.4, -0.2) is 87.7 Å². The minimum Gasteiger partial charge on any atom is -0.371 e. The summed E-state index contributed by atoms with van der Waals surface area (Å²) in [6, 6.07) is 16.2. The number of rotatable bonds is 5. The molecule has 7 nitrogen and oxygen atoms in total. The van der Waals surface area contributed by atoms with Gasteiger partial charge in [0.15, 0.2) is 0 Å². The fourth-order valence-corrected chi connectivity index (χ4v) is 6.78. The Bertz CT molecular complexity index is 1190. The molecule has 8 heteroatoms. The van der Waals surface area contributed by atoms with Gasteiger partial charge in [-0.2, -0.15) is 5.26 Å². The van der Waals surface area contributed by atoms with Gasteiger partial charge in [-0.1, -0.05) is 11.6 Å². The molecule has 1 N–H and O–H groups in total. The van der Waals surface area contributed by atoms with Gasteiger partial charge < -0.3 is 20.0 Å². The van der Waals surface area contributed by atoms with Gasteiger partial charge in [0.2, 0.25) is 0 Å². The van der Waals surface area contributed by atoms with Crippen LogP contribution in [0.15, 0.2) is 42.5 Å². The molecule has 4 fully saturated rings. The number of anilines is 2. The van der Waals surface area contributed by atoms with Gasteiger partial charge in [-0.15, -0.1) is 0 Å². The third-order valence-corrected chi connectivity index (χ3v) is 9.53. The van der Waals surface area contributed by atoms with E-state index < -0.39 is 0 Å². The van der Waals surface area contributed by atoms with E-state index in [4.69, 9.17) is 16.9 Å². The van der Waals surface area contributed by atoms with Crippen molar-refractivity contribution in [3.63, 3.8) is 0 Å². The van der Waals surface area contributed by atoms with Crippen molar-refractivity contribution in [1.29, 1.82) is 5.26 Å². The number of benzene rings is 2. The highest BCUT2D eigenvalue weighted by Crippen LogP contribution is 2.43. The van der Waals surface area contributed by atoms with Crippen LogP contribution in [0.1, 0.15) is 35.2 Å². The van der Waals surface area contributed by atoms with Crippen molar-refractivity contribution in [2.24, 2.45) is 11.3 Å². The van der Waals surface area contributed by atoms with Crippen LogP contribution < -0.4 is 15.1 Å². The number of piperidine rings is 1. The van der Waals surface area contributed by atoms with Gasteiger partial charge in [-0.25, -0.2) is 0 Å². The van der Waals surface area contributed by atoms with Gasteiger partial charge in [-0.3, -0.25) is 9.69 Å². The molecule has 200 valence electrons. The van der Waals surface area contributed by atoms with E-state index in [2.05, 4.69) is 38.2 Å². The minimum absolute atomic E-state index is 0.160. The number of amides is 1. The normalized spacial score (nSPS) is 21.9. The highest BCUT2D eigenvalue weighted by atomic mass is 35.5. The Hall–Kier alpha value is -2.79. The van der Waals surface area contributed by atoms with E-state index in [1.807, 2.05) is 35.2 Å². The molecule has 4 aliphatic heterocycles. The molecule has 4 saturated heterocycles. The zero-order valence-electron chi connectivity index (χ0n) is 22.0. The van der Waals surface area contributed by atoms with E-state index in [-0.39, 0.29) is 5.91 Å². The molecule has 0 atom stereocenters. The molecule has 6 rings (SSSR count). The predicted molar refractivity (Wildman–Crippen MR) is 152 cm³/mol. The van der Waals surface area contributed by atoms with Crippen LogP contribution >= 0.6 is 11.6 Å². The van der Waals surface area contributed by atoms with Gasteiger partial charge in [0.05, 0.1) is 10.6 Å². The Morgan fingerprint density at radius 1 is 0.921 bits per heavy atom. The van der Waals surface area contributed by atoms with E-state index in [1.54, 1.807) is 0 Å². The summed E-state index contributed by atoms with van der Waals surface area (Å²) in [5.41, 5.74) is 4.00. The first-order chi connectivity index (χ1) is 18.5. The number of halogens is 1. The maximum atomic E-state index is 13.1. The van der Waals surface area contributed by atoms with Crippen molar-refractivity contribution < 1.29 is 4.79 Å². The van der Waals surface area contributed by atoms with Crippen LogP contribution in [0.25, 0.3) is 0 Å². The SMILES string of the molecule is N#Cc1ccc(N2CCC3(CCN(c4ccc(C(=O)N5CCN(CC6CNC6)CC5)cc4)CC3)C2)cc1Cl. The lowest BCUT2D eigenvalue weighted by molar-refractivity contribution is 0.0601. The van der Waals surface area contributed by atoms with Crippen LogP contribution in [0.5, 0.6) is 0 Å². The first-order valence-electron chi connectivity index (χ1n) is 14.0. The molecular weight excluding hydrogens is 496 g/mol. The molecule has 2 aromatic carbocycles. The Kier molecular flexibility index (Phi) is 7.22. The molecule has 4 aliphatic rings. The molecule has 1 amide bonds. The largest absolute Gasteiger partial charge is 0.371 e. The number of piperazine rings is 1. The molecule has 0 unspecified atom stereocenters. The third kappa shape index (κ3) is 5.22. The van der Waals surface area contributed by atoms with Gasteiger partial charge in [-0.05, 0) is 73.1 Å². The number of nitriles is 1. The predicted octanol–water partition coefficient (Wildman–Crippen LogP) is 3.69. The van der Waals surface area contributed by atoms with E-state index >= 15 is 0 Å². The average molecular weight is 533 g/mol. The summed E-state index contributed by atoms with van der Waals surface area (Å²) in [5, 5.41) is 13.0. The first-order valence-corrected chi connectivity index (χ1v) is 14.4. The molecule has 2 aromatic rings. The van der Waals surface area contributed by atoms with E-state index in [9.17, 15) is 4.79 Å². The number of carbonyl (C=O) groups is 1. The molecule has 0 saturated carbocycles. The Balaban J connectivity index is 1.00. The lowest BCUT2D eigenvalue weighted by Crippen LogP contribution is -2.54. The highest BCUT2D eigenvalue weighted by molar-refractivity contribution is 6.32. The summed E-state index contributed by atoms with van der Waals surface area (Å²) in [7, 11) is 0. The van der Waals surface area contributed by atoms with Crippen molar-refractivity contribution in [1.82, 2.24) is 15.1 Å². The average Bonchev–Trinajstić information content (AvgIpc) is 3.34. The third-order valence-electron chi connectivity index (χ3n) is 9.22. The molecule has 1 spiro atoms. The van der Waals surface area contributed by atoms with Crippen LogP contribution in [0, 0.1) is 22.7 Å². The number of nitrogens with zero attached hydrogens (tertiary/aromatic N) is 5. The molecule has 0 aromatic heterocycles. The van der Waals surface area contributed by atoms with Crippen LogP contribution in [0.2, 0.25) is 5.02 Å². The molecule has 0 bridgehead atoms. The summed E-state index contributed by atoms with van der Waals surface area (Å²) in [5.74, 6) is 0.941. The second-order valence-corrected chi connectivity index (χ2v) is 12.0. The van der Waals surface area contributed by atoms with Crippen molar-refractivity contribution in [2.45, 2.75) is 19.3 Å². The Morgan fingerprint density at radius 2 is 1.58 bits per heavy atom. The second kappa shape index (κ2) is 10.8. The smallest absolute Gasteiger partial charge is 0.253 e. The van der Waals surface area contributed by atoms with Crippen molar-refractivity contribution in [2.75, 3.05) is 81.8 Å².